The zero-order valence-electron chi connectivity index (χ0n) is 16.1. The van der Waals surface area contributed by atoms with Gasteiger partial charge in [-0.05, 0) is 43.0 Å². The molecule has 8 nitrogen and oxygen atoms in total. The van der Waals surface area contributed by atoms with E-state index >= 15 is 0 Å². The maximum absolute atomic E-state index is 12.3. The van der Waals surface area contributed by atoms with Gasteiger partial charge in [-0.15, -0.1) is 11.8 Å². The van der Waals surface area contributed by atoms with E-state index in [-0.39, 0.29) is 17.1 Å². The number of non-ortho nitro benzene ring substituents is 1. The van der Waals surface area contributed by atoms with Crippen molar-refractivity contribution in [1.82, 2.24) is 0 Å². The zero-order valence-corrected chi connectivity index (χ0v) is 16.9. The molecular weight excluding hydrogens is 396 g/mol. The van der Waals surface area contributed by atoms with Crippen LogP contribution in [0.2, 0.25) is 0 Å². The minimum atomic E-state index is -1.12. The van der Waals surface area contributed by atoms with Crippen molar-refractivity contribution in [3.05, 3.63) is 64.2 Å². The number of nitro benzene ring substituents is 1. The van der Waals surface area contributed by atoms with Gasteiger partial charge < -0.3 is 14.8 Å². The number of rotatable bonds is 8. The Morgan fingerprint density at radius 3 is 2.48 bits per heavy atom. The molecule has 0 aromatic heterocycles. The number of nitrogens with one attached hydrogen (secondary N) is 1. The summed E-state index contributed by atoms with van der Waals surface area (Å²) in [6.45, 7) is 1.40. The third-order valence-electron chi connectivity index (χ3n) is 3.84. The molecule has 0 aliphatic carbocycles. The van der Waals surface area contributed by atoms with Gasteiger partial charge in [-0.1, -0.05) is 12.1 Å². The third-order valence-corrected chi connectivity index (χ3v) is 4.59. The summed E-state index contributed by atoms with van der Waals surface area (Å²) in [4.78, 5) is 35.7. The highest BCUT2D eigenvalue weighted by Crippen LogP contribution is 2.29. The lowest BCUT2D eigenvalue weighted by atomic mass is 10.2. The molecule has 9 heteroatoms. The van der Waals surface area contributed by atoms with Gasteiger partial charge in [0, 0.05) is 23.1 Å². The van der Waals surface area contributed by atoms with E-state index in [0.717, 1.165) is 10.5 Å². The minimum absolute atomic E-state index is 0.110. The molecule has 0 spiro atoms. The van der Waals surface area contributed by atoms with E-state index in [1.54, 1.807) is 17.8 Å². The van der Waals surface area contributed by atoms with Crippen molar-refractivity contribution in [3.8, 4) is 5.75 Å². The van der Waals surface area contributed by atoms with E-state index in [9.17, 15) is 19.7 Å². The quantitative estimate of drug-likeness (QED) is 0.228. The fourth-order valence-corrected chi connectivity index (χ4v) is 2.70. The zero-order chi connectivity index (χ0) is 21.4. The monoisotopic (exact) mass is 416 g/mol. The van der Waals surface area contributed by atoms with Crippen molar-refractivity contribution in [2.75, 3.05) is 18.7 Å². The van der Waals surface area contributed by atoms with Gasteiger partial charge >= 0.3 is 5.97 Å². The molecule has 2 rings (SSSR count). The molecule has 29 heavy (non-hydrogen) atoms. The Morgan fingerprint density at radius 1 is 1.21 bits per heavy atom. The smallest absolute Gasteiger partial charge is 0.331 e. The Kier molecular flexibility index (Phi) is 7.79. The van der Waals surface area contributed by atoms with Crippen LogP contribution in [-0.2, 0) is 14.3 Å². The van der Waals surface area contributed by atoms with Crippen LogP contribution in [0.4, 0.5) is 11.4 Å². The van der Waals surface area contributed by atoms with Crippen molar-refractivity contribution in [3.63, 3.8) is 0 Å². The lowest BCUT2D eigenvalue weighted by Gasteiger charge is -2.14. The van der Waals surface area contributed by atoms with Crippen LogP contribution >= 0.6 is 11.8 Å². The number of nitrogens with zero attached hydrogens (tertiary/aromatic N) is 1. The summed E-state index contributed by atoms with van der Waals surface area (Å²) in [6.07, 6.45) is 3.67. The molecule has 0 aliphatic heterocycles. The normalized spacial score (nSPS) is 11.7. The van der Waals surface area contributed by atoms with Crippen LogP contribution in [0.3, 0.4) is 0 Å². The molecule has 152 valence electrons. The molecule has 1 N–H and O–H groups in total. The molecule has 2 aromatic carbocycles. The van der Waals surface area contributed by atoms with Crippen molar-refractivity contribution < 1.29 is 24.0 Å². The second-order valence-electron chi connectivity index (χ2n) is 5.82. The van der Waals surface area contributed by atoms with Crippen molar-refractivity contribution in [2.24, 2.45) is 0 Å². The summed E-state index contributed by atoms with van der Waals surface area (Å²) in [5.74, 6) is -1.08. The van der Waals surface area contributed by atoms with E-state index < -0.39 is 22.9 Å². The van der Waals surface area contributed by atoms with Gasteiger partial charge in [0.05, 0.1) is 17.7 Å². The topological polar surface area (TPSA) is 108 Å². The summed E-state index contributed by atoms with van der Waals surface area (Å²) in [7, 11) is 1.37. The number of nitro groups is 1. The summed E-state index contributed by atoms with van der Waals surface area (Å²) in [5.41, 5.74) is 0.721. The highest BCUT2D eigenvalue weighted by Gasteiger charge is 2.20. The summed E-state index contributed by atoms with van der Waals surface area (Å²) in [5, 5.41) is 13.4. The largest absolute Gasteiger partial charge is 0.495 e. The lowest BCUT2D eigenvalue weighted by molar-refractivity contribution is -0.384. The Bertz CT molecular complexity index is 927. The van der Waals surface area contributed by atoms with Gasteiger partial charge in [0.1, 0.15) is 5.75 Å². The van der Waals surface area contributed by atoms with Crippen molar-refractivity contribution >= 4 is 41.1 Å². The van der Waals surface area contributed by atoms with Gasteiger partial charge in [-0.2, -0.15) is 0 Å². The average molecular weight is 416 g/mol. The number of ether oxygens (including phenoxy) is 2. The molecule has 0 bridgehead atoms. The standard InChI is InChI=1S/C20H20N2O6S/c1-13(28-19(23)11-6-14-4-8-16(29-3)9-5-14)20(24)21-17-12-15(22(25)26)7-10-18(17)27-2/h4-13H,1-3H3,(H,21,24)/b11-6+/t13-/m1/s1. The van der Waals surface area contributed by atoms with Crippen LogP contribution < -0.4 is 10.1 Å². The Balaban J connectivity index is 1.99. The first kappa shape index (κ1) is 22.0. The number of methoxy groups -OCH3 is 1. The second-order valence-corrected chi connectivity index (χ2v) is 6.70. The predicted molar refractivity (Wildman–Crippen MR) is 111 cm³/mol. The van der Waals surface area contributed by atoms with Crippen LogP contribution in [0.25, 0.3) is 6.08 Å². The minimum Gasteiger partial charge on any atom is -0.495 e. The number of amides is 1. The number of benzene rings is 2. The first-order valence-electron chi connectivity index (χ1n) is 8.50. The molecule has 0 saturated carbocycles. The maximum atomic E-state index is 12.3. The number of hydrogen-bond donors (Lipinski definition) is 1. The molecule has 0 radical (unpaired) electrons. The summed E-state index contributed by atoms with van der Waals surface area (Å²) in [6, 6.07) is 11.4. The molecule has 0 saturated heterocycles. The molecule has 2 aromatic rings. The Labute approximate surface area is 172 Å². The van der Waals surface area contributed by atoms with Crippen LogP contribution in [0, 0.1) is 10.1 Å². The average Bonchev–Trinajstić information content (AvgIpc) is 2.72. The number of esters is 1. The number of thioether (sulfide) groups is 1. The van der Waals surface area contributed by atoms with Gasteiger partial charge in [0.15, 0.2) is 6.10 Å². The highest BCUT2D eigenvalue weighted by atomic mass is 32.2. The maximum Gasteiger partial charge on any atom is 0.331 e. The lowest BCUT2D eigenvalue weighted by Crippen LogP contribution is -2.29. The first-order valence-corrected chi connectivity index (χ1v) is 9.72. The van der Waals surface area contributed by atoms with E-state index in [2.05, 4.69) is 5.32 Å². The van der Waals surface area contributed by atoms with E-state index in [0.29, 0.717) is 0 Å². The van der Waals surface area contributed by atoms with Gasteiger partial charge in [-0.3, -0.25) is 14.9 Å². The van der Waals surface area contributed by atoms with Crippen LogP contribution in [0.1, 0.15) is 12.5 Å². The first-order chi connectivity index (χ1) is 13.8. The molecule has 0 heterocycles. The van der Waals surface area contributed by atoms with Crippen molar-refractivity contribution in [1.29, 1.82) is 0 Å². The summed E-state index contributed by atoms with van der Waals surface area (Å²) < 4.78 is 10.2. The highest BCUT2D eigenvalue weighted by molar-refractivity contribution is 7.98. The number of anilines is 1. The van der Waals surface area contributed by atoms with Gasteiger partial charge in [-0.25, -0.2) is 4.79 Å². The third kappa shape index (κ3) is 6.35. The SMILES string of the molecule is COc1ccc([N+](=O)[O-])cc1NC(=O)[C@@H](C)OC(=O)/C=C/c1ccc(SC)cc1. The predicted octanol–water partition coefficient (Wildman–Crippen LogP) is 3.91. The van der Waals surface area contributed by atoms with Gasteiger partial charge in [0.25, 0.3) is 11.6 Å². The number of carbonyl (C=O) groups is 2. The van der Waals surface area contributed by atoms with E-state index in [1.807, 2.05) is 30.5 Å². The Morgan fingerprint density at radius 2 is 1.90 bits per heavy atom. The van der Waals surface area contributed by atoms with Crippen LogP contribution in [0.15, 0.2) is 53.4 Å². The fourth-order valence-electron chi connectivity index (χ4n) is 2.29. The van der Waals surface area contributed by atoms with Gasteiger partial charge in [0.2, 0.25) is 0 Å². The second kappa shape index (κ2) is 10.3. The molecule has 0 aliphatic rings. The number of hydrogen-bond acceptors (Lipinski definition) is 7. The van der Waals surface area contributed by atoms with E-state index in [1.165, 1.54) is 38.3 Å². The van der Waals surface area contributed by atoms with Crippen LogP contribution in [0.5, 0.6) is 5.75 Å². The van der Waals surface area contributed by atoms with Crippen molar-refractivity contribution in [2.45, 2.75) is 17.9 Å². The van der Waals surface area contributed by atoms with Crippen LogP contribution in [-0.4, -0.2) is 36.3 Å². The molecule has 1 atom stereocenters. The fraction of sp³-hybridized carbons (Fsp3) is 0.200. The summed E-state index contributed by atoms with van der Waals surface area (Å²) >= 11 is 1.61. The molecular formula is C20H20N2O6S. The molecule has 0 fully saturated rings. The Hall–Kier alpha value is -3.33. The molecule has 1 amide bonds. The molecule has 0 unspecified atom stereocenters. The van der Waals surface area contributed by atoms with E-state index in [4.69, 9.17) is 9.47 Å². The number of carbonyl (C=O) groups excluding carboxylic acids is 2.